The molecule has 0 amide bonds. The molecule has 0 radical (unpaired) electrons. The fourth-order valence-corrected chi connectivity index (χ4v) is 3.33. The number of halogens is 1. The summed E-state index contributed by atoms with van der Waals surface area (Å²) in [6.07, 6.45) is 3.76. The molecule has 0 unspecified atom stereocenters. The first kappa shape index (κ1) is 9.72. The Hall–Kier alpha value is -0.490. The van der Waals surface area contributed by atoms with Crippen LogP contribution in [0.1, 0.15) is 17.5 Å². The van der Waals surface area contributed by atoms with Crippen molar-refractivity contribution in [2.45, 2.75) is 19.3 Å². The van der Waals surface area contributed by atoms with Crippen LogP contribution in [0.5, 0.6) is 0 Å². The number of benzene rings is 1. The number of nitrogens with zero attached hydrogens (tertiary/aromatic N) is 2. The fourth-order valence-electron chi connectivity index (χ4n) is 2.03. The van der Waals surface area contributed by atoms with Crippen LogP contribution in [0.4, 0.5) is 0 Å². The highest BCUT2D eigenvalue weighted by molar-refractivity contribution is 14.1. The van der Waals surface area contributed by atoms with Gasteiger partial charge in [0.15, 0.2) is 3.01 Å². The number of hydrogen-bond acceptors (Lipinski definition) is 3. The minimum atomic E-state index is 1.00. The van der Waals surface area contributed by atoms with Crippen LogP contribution in [0, 0.1) is 3.01 Å². The van der Waals surface area contributed by atoms with Crippen molar-refractivity contribution in [2.24, 2.45) is 0 Å². The first-order valence-electron chi connectivity index (χ1n) is 4.94. The van der Waals surface area contributed by atoms with Gasteiger partial charge in [0.25, 0.3) is 0 Å². The monoisotopic (exact) mass is 328 g/mol. The van der Waals surface area contributed by atoms with E-state index in [4.69, 9.17) is 0 Å². The van der Waals surface area contributed by atoms with Gasteiger partial charge in [0.05, 0.1) is 0 Å². The summed E-state index contributed by atoms with van der Waals surface area (Å²) in [6, 6.07) is 6.69. The van der Waals surface area contributed by atoms with Crippen LogP contribution in [0.25, 0.3) is 10.6 Å². The van der Waals surface area contributed by atoms with Crippen LogP contribution in [-0.2, 0) is 12.8 Å². The number of hydrogen-bond donors (Lipinski definition) is 0. The Morgan fingerprint density at radius 2 is 2.00 bits per heavy atom. The maximum absolute atomic E-state index is 4.17. The molecule has 2 nitrogen and oxygen atoms in total. The number of fused-ring (bicyclic) bond motifs is 1. The molecule has 0 saturated carbocycles. The van der Waals surface area contributed by atoms with E-state index in [9.17, 15) is 0 Å². The maximum atomic E-state index is 4.17. The average molecular weight is 328 g/mol. The summed E-state index contributed by atoms with van der Waals surface area (Å²) in [5.41, 5.74) is 4.23. The predicted octanol–water partition coefficient (Wildman–Crippen LogP) is 3.30. The van der Waals surface area contributed by atoms with Crippen LogP contribution in [-0.4, -0.2) is 10.2 Å². The van der Waals surface area contributed by atoms with Gasteiger partial charge in [-0.05, 0) is 59.0 Å². The van der Waals surface area contributed by atoms with Gasteiger partial charge in [-0.25, -0.2) is 0 Å². The van der Waals surface area contributed by atoms with Crippen molar-refractivity contribution in [2.75, 3.05) is 0 Å². The number of aromatic nitrogens is 2. The smallest absolute Gasteiger partial charge is 0.137 e. The molecule has 0 N–H and O–H groups in total. The highest BCUT2D eigenvalue weighted by Crippen LogP contribution is 2.29. The number of aryl methyl sites for hydroxylation is 2. The van der Waals surface area contributed by atoms with E-state index >= 15 is 0 Å². The number of rotatable bonds is 1. The van der Waals surface area contributed by atoms with Crippen molar-refractivity contribution >= 4 is 33.9 Å². The first-order valence-corrected chi connectivity index (χ1v) is 6.83. The highest BCUT2D eigenvalue weighted by atomic mass is 127. The molecule has 3 rings (SSSR count). The summed E-state index contributed by atoms with van der Waals surface area (Å²) in [7, 11) is 0. The molecule has 76 valence electrons. The molecule has 2 aromatic rings. The zero-order valence-corrected chi connectivity index (χ0v) is 11.0. The second kappa shape index (κ2) is 3.83. The van der Waals surface area contributed by atoms with Crippen LogP contribution in [0.2, 0.25) is 0 Å². The van der Waals surface area contributed by atoms with Gasteiger partial charge in [0, 0.05) is 5.56 Å². The van der Waals surface area contributed by atoms with Crippen LogP contribution in [0.15, 0.2) is 18.2 Å². The van der Waals surface area contributed by atoms with Crippen molar-refractivity contribution < 1.29 is 0 Å². The van der Waals surface area contributed by atoms with Gasteiger partial charge in [0.1, 0.15) is 5.01 Å². The average Bonchev–Trinajstić information content (AvgIpc) is 2.84. The third-order valence-electron chi connectivity index (χ3n) is 2.75. The molecule has 0 saturated heterocycles. The molecule has 1 aliphatic carbocycles. The highest BCUT2D eigenvalue weighted by Gasteiger charge is 2.12. The topological polar surface area (TPSA) is 25.8 Å². The SMILES string of the molecule is Ic1nnc(-c2ccc3c(c2)CCC3)s1. The zero-order valence-electron chi connectivity index (χ0n) is 8.03. The van der Waals surface area contributed by atoms with Crippen molar-refractivity contribution in [1.29, 1.82) is 0 Å². The largest absolute Gasteiger partial charge is 0.178 e. The minimum Gasteiger partial charge on any atom is -0.137 e. The van der Waals surface area contributed by atoms with E-state index in [1.807, 2.05) is 0 Å². The standard InChI is InChI=1S/C11H9IN2S/c12-11-14-13-10(15-11)9-5-4-7-2-1-3-8(7)6-9/h4-6H,1-3H2. The van der Waals surface area contributed by atoms with Crippen molar-refractivity contribution in [3.8, 4) is 10.6 Å². The van der Waals surface area contributed by atoms with Crippen LogP contribution >= 0.6 is 33.9 Å². The molecular formula is C11H9IN2S. The lowest BCUT2D eigenvalue weighted by Gasteiger charge is -2.00. The van der Waals surface area contributed by atoms with Gasteiger partial charge in [-0.3, -0.25) is 0 Å². The van der Waals surface area contributed by atoms with E-state index in [2.05, 4.69) is 51.0 Å². The van der Waals surface area contributed by atoms with Gasteiger partial charge in [0.2, 0.25) is 0 Å². The summed E-state index contributed by atoms with van der Waals surface area (Å²) in [4.78, 5) is 0. The Bertz CT molecular complexity index is 507. The Morgan fingerprint density at radius 3 is 2.80 bits per heavy atom. The molecule has 1 aliphatic rings. The molecule has 1 aromatic carbocycles. The Morgan fingerprint density at radius 1 is 1.13 bits per heavy atom. The molecule has 1 heterocycles. The van der Waals surface area contributed by atoms with Gasteiger partial charge < -0.3 is 0 Å². The third-order valence-corrected chi connectivity index (χ3v) is 4.38. The van der Waals surface area contributed by atoms with Gasteiger partial charge >= 0.3 is 0 Å². The molecule has 1 aromatic heterocycles. The molecule has 0 spiro atoms. The van der Waals surface area contributed by atoms with E-state index in [1.54, 1.807) is 11.3 Å². The zero-order chi connectivity index (χ0) is 10.3. The van der Waals surface area contributed by atoms with Gasteiger partial charge in [-0.2, -0.15) is 0 Å². The normalized spacial score (nSPS) is 14.2. The molecule has 4 heteroatoms. The van der Waals surface area contributed by atoms with E-state index in [0.29, 0.717) is 0 Å². The second-order valence-corrected chi connectivity index (χ2v) is 6.43. The molecule has 15 heavy (non-hydrogen) atoms. The molecular weight excluding hydrogens is 319 g/mol. The molecule has 0 fully saturated rings. The summed E-state index contributed by atoms with van der Waals surface area (Å²) in [5, 5.41) is 9.25. The molecule has 0 atom stereocenters. The van der Waals surface area contributed by atoms with Crippen molar-refractivity contribution in [3.05, 3.63) is 32.3 Å². The summed E-state index contributed by atoms with van der Waals surface area (Å²) >= 11 is 3.86. The van der Waals surface area contributed by atoms with Crippen molar-refractivity contribution in [3.63, 3.8) is 0 Å². The first-order chi connectivity index (χ1) is 7.33. The molecule has 0 bridgehead atoms. The van der Waals surface area contributed by atoms with E-state index in [0.717, 1.165) is 8.02 Å². The summed E-state index contributed by atoms with van der Waals surface area (Å²) in [5.74, 6) is 0. The van der Waals surface area contributed by atoms with Gasteiger partial charge in [-0.1, -0.05) is 23.5 Å². The van der Waals surface area contributed by atoms with Crippen molar-refractivity contribution in [1.82, 2.24) is 10.2 Å². The van der Waals surface area contributed by atoms with Gasteiger partial charge in [-0.15, -0.1) is 10.2 Å². The van der Waals surface area contributed by atoms with Crippen LogP contribution < -0.4 is 0 Å². The lowest BCUT2D eigenvalue weighted by Crippen LogP contribution is -1.84. The fraction of sp³-hybridized carbons (Fsp3) is 0.273. The Kier molecular flexibility index (Phi) is 2.48. The lowest BCUT2D eigenvalue weighted by atomic mass is 10.1. The Balaban J connectivity index is 2.06. The third kappa shape index (κ3) is 1.80. The van der Waals surface area contributed by atoms with E-state index < -0.39 is 0 Å². The lowest BCUT2D eigenvalue weighted by molar-refractivity contribution is 0.912. The minimum absolute atomic E-state index is 1.00. The molecule has 0 aliphatic heterocycles. The predicted molar refractivity (Wildman–Crippen MR) is 70.1 cm³/mol. The maximum Gasteiger partial charge on any atom is 0.178 e. The van der Waals surface area contributed by atoms with E-state index in [-0.39, 0.29) is 0 Å². The summed E-state index contributed by atoms with van der Waals surface area (Å²) in [6.45, 7) is 0. The summed E-state index contributed by atoms with van der Waals surface area (Å²) < 4.78 is 1.00. The van der Waals surface area contributed by atoms with E-state index in [1.165, 1.54) is 36.0 Å². The quantitative estimate of drug-likeness (QED) is 0.751. The Labute approximate surface area is 106 Å². The second-order valence-electron chi connectivity index (χ2n) is 3.70. The van der Waals surface area contributed by atoms with Crippen LogP contribution in [0.3, 0.4) is 0 Å².